The van der Waals surface area contributed by atoms with Crippen LogP contribution in [0.5, 0.6) is 5.75 Å². The van der Waals surface area contributed by atoms with Crippen LogP contribution in [0, 0.1) is 0 Å². The normalized spacial score (nSPS) is 19.2. The summed E-state index contributed by atoms with van der Waals surface area (Å²) in [5.41, 5.74) is 7.24. The Kier molecular flexibility index (Phi) is 5.20. The number of methoxy groups -OCH3 is 1. The Labute approximate surface area is 118 Å². The molecule has 110 valence electrons. The second-order valence-corrected chi connectivity index (χ2v) is 4.78. The number of hydrogen-bond acceptors (Lipinski definition) is 5. The molecule has 6 heteroatoms. The molecule has 1 fully saturated rings. The van der Waals surface area contributed by atoms with E-state index >= 15 is 0 Å². The number of amidine groups is 1. The number of hydrogen-bond donors (Lipinski definition) is 3. The molecule has 0 spiro atoms. The fourth-order valence-corrected chi connectivity index (χ4v) is 2.31. The molecule has 1 aromatic carbocycles. The molecule has 1 heterocycles. The van der Waals surface area contributed by atoms with Gasteiger partial charge in [0.05, 0.1) is 13.2 Å². The summed E-state index contributed by atoms with van der Waals surface area (Å²) in [7, 11) is 1.63. The average molecular weight is 279 g/mol. The van der Waals surface area contributed by atoms with Gasteiger partial charge in [0.15, 0.2) is 5.84 Å². The van der Waals surface area contributed by atoms with E-state index in [1.165, 1.54) is 0 Å². The molecule has 20 heavy (non-hydrogen) atoms. The number of ether oxygens (including phenoxy) is 2. The molecular formula is C14H21N3O3. The first kappa shape index (κ1) is 14.6. The van der Waals surface area contributed by atoms with E-state index in [-0.39, 0.29) is 5.84 Å². The van der Waals surface area contributed by atoms with Gasteiger partial charge in [-0.05, 0) is 31.0 Å². The predicted octanol–water partition coefficient (Wildman–Crippen LogP) is 1.06. The van der Waals surface area contributed by atoms with Crippen molar-refractivity contribution in [2.24, 2.45) is 10.9 Å². The number of rotatable bonds is 6. The molecule has 0 radical (unpaired) electrons. The van der Waals surface area contributed by atoms with Crippen molar-refractivity contribution in [3.05, 3.63) is 29.3 Å². The van der Waals surface area contributed by atoms with E-state index in [4.69, 9.17) is 20.4 Å². The second kappa shape index (κ2) is 7.12. The maximum Gasteiger partial charge on any atom is 0.170 e. The van der Waals surface area contributed by atoms with E-state index in [1.807, 2.05) is 12.1 Å². The smallest absolute Gasteiger partial charge is 0.170 e. The van der Waals surface area contributed by atoms with E-state index in [1.54, 1.807) is 13.2 Å². The molecule has 0 amide bonds. The second-order valence-electron chi connectivity index (χ2n) is 4.78. The highest BCUT2D eigenvalue weighted by Crippen LogP contribution is 2.20. The molecule has 0 bridgehead atoms. The molecule has 4 N–H and O–H groups in total. The molecule has 1 aliphatic rings. The summed E-state index contributed by atoms with van der Waals surface area (Å²) < 4.78 is 10.9. The molecule has 0 saturated carbocycles. The van der Waals surface area contributed by atoms with Crippen LogP contribution in [-0.4, -0.2) is 37.4 Å². The molecule has 1 atom stereocenters. The van der Waals surface area contributed by atoms with E-state index < -0.39 is 0 Å². The highest BCUT2D eigenvalue weighted by molar-refractivity contribution is 5.97. The van der Waals surface area contributed by atoms with Crippen molar-refractivity contribution < 1.29 is 14.7 Å². The first-order valence-corrected chi connectivity index (χ1v) is 6.71. The summed E-state index contributed by atoms with van der Waals surface area (Å²) in [6, 6.07) is 5.43. The van der Waals surface area contributed by atoms with Crippen molar-refractivity contribution in [3.8, 4) is 5.75 Å². The van der Waals surface area contributed by atoms with Crippen molar-refractivity contribution in [1.29, 1.82) is 0 Å². The van der Waals surface area contributed by atoms with E-state index in [0.717, 1.165) is 37.3 Å². The third-order valence-corrected chi connectivity index (χ3v) is 3.40. The summed E-state index contributed by atoms with van der Waals surface area (Å²) in [5, 5.41) is 15.1. The summed E-state index contributed by atoms with van der Waals surface area (Å²) in [6.45, 7) is 2.32. The zero-order valence-corrected chi connectivity index (χ0v) is 11.6. The molecule has 2 rings (SSSR count). The molecule has 0 aliphatic carbocycles. The van der Waals surface area contributed by atoms with Crippen LogP contribution >= 0.6 is 0 Å². The highest BCUT2D eigenvalue weighted by Gasteiger charge is 2.15. The molecule has 0 aromatic heterocycles. The first-order chi connectivity index (χ1) is 9.74. The van der Waals surface area contributed by atoms with Gasteiger partial charge in [-0.2, -0.15) is 0 Å². The number of benzene rings is 1. The molecule has 1 saturated heterocycles. The fourth-order valence-electron chi connectivity index (χ4n) is 2.31. The Morgan fingerprint density at radius 3 is 3.10 bits per heavy atom. The Balaban J connectivity index is 2.00. The van der Waals surface area contributed by atoms with Crippen LogP contribution in [0.2, 0.25) is 0 Å². The van der Waals surface area contributed by atoms with Crippen molar-refractivity contribution in [2.75, 3.05) is 20.3 Å². The van der Waals surface area contributed by atoms with Crippen molar-refractivity contribution in [3.63, 3.8) is 0 Å². The predicted molar refractivity (Wildman–Crippen MR) is 76.2 cm³/mol. The van der Waals surface area contributed by atoms with Gasteiger partial charge in [0.25, 0.3) is 0 Å². The van der Waals surface area contributed by atoms with Gasteiger partial charge < -0.3 is 25.7 Å². The maximum atomic E-state index is 8.72. The average Bonchev–Trinajstić information content (AvgIpc) is 2.99. The number of oxime groups is 1. The highest BCUT2D eigenvalue weighted by atomic mass is 16.5. The number of nitrogens with zero attached hydrogens (tertiary/aromatic N) is 1. The van der Waals surface area contributed by atoms with Gasteiger partial charge in [-0.1, -0.05) is 5.16 Å². The quantitative estimate of drug-likeness (QED) is 0.313. The molecule has 6 nitrogen and oxygen atoms in total. The zero-order valence-electron chi connectivity index (χ0n) is 11.6. The Bertz CT molecular complexity index is 471. The van der Waals surface area contributed by atoms with Gasteiger partial charge in [0, 0.05) is 30.8 Å². The zero-order chi connectivity index (χ0) is 14.4. The van der Waals surface area contributed by atoms with Gasteiger partial charge in [-0.15, -0.1) is 0 Å². The first-order valence-electron chi connectivity index (χ1n) is 6.71. The summed E-state index contributed by atoms with van der Waals surface area (Å²) in [5.74, 6) is 0.868. The van der Waals surface area contributed by atoms with Crippen LogP contribution in [-0.2, 0) is 11.3 Å². The van der Waals surface area contributed by atoms with Gasteiger partial charge in [0.1, 0.15) is 5.75 Å². The van der Waals surface area contributed by atoms with Crippen molar-refractivity contribution >= 4 is 5.84 Å². The molecule has 1 aliphatic heterocycles. The van der Waals surface area contributed by atoms with Crippen molar-refractivity contribution in [2.45, 2.75) is 25.5 Å². The number of nitrogens with one attached hydrogen (secondary N) is 1. The number of nitrogens with two attached hydrogens (primary N) is 1. The standard InChI is InChI=1S/C14H21N3O3/c1-19-13-5-4-10(14(15)17-18)7-11(13)8-16-9-12-3-2-6-20-12/h4-5,7,12,16,18H,2-3,6,8-9H2,1H3,(H2,15,17). The molecule has 1 unspecified atom stereocenters. The molecule has 1 aromatic rings. The van der Waals surface area contributed by atoms with Gasteiger partial charge in [0.2, 0.25) is 0 Å². The third-order valence-electron chi connectivity index (χ3n) is 3.40. The maximum absolute atomic E-state index is 8.72. The lowest BCUT2D eigenvalue weighted by molar-refractivity contribution is 0.110. The third kappa shape index (κ3) is 3.61. The monoisotopic (exact) mass is 279 g/mol. The van der Waals surface area contributed by atoms with Gasteiger partial charge in [-0.25, -0.2) is 0 Å². The summed E-state index contributed by atoms with van der Waals surface area (Å²) >= 11 is 0. The lowest BCUT2D eigenvalue weighted by Gasteiger charge is -2.13. The topological polar surface area (TPSA) is 89.1 Å². The van der Waals surface area contributed by atoms with Crippen LogP contribution in [0.3, 0.4) is 0 Å². The van der Waals surface area contributed by atoms with E-state index in [9.17, 15) is 0 Å². The Morgan fingerprint density at radius 2 is 2.45 bits per heavy atom. The Morgan fingerprint density at radius 1 is 1.60 bits per heavy atom. The summed E-state index contributed by atoms with van der Waals surface area (Å²) in [4.78, 5) is 0. The lowest BCUT2D eigenvalue weighted by Crippen LogP contribution is -2.26. The lowest BCUT2D eigenvalue weighted by atomic mass is 10.1. The summed E-state index contributed by atoms with van der Waals surface area (Å²) in [6.07, 6.45) is 2.54. The van der Waals surface area contributed by atoms with E-state index in [0.29, 0.717) is 18.2 Å². The van der Waals surface area contributed by atoms with E-state index in [2.05, 4.69) is 10.5 Å². The Hall–Kier alpha value is -1.79. The SMILES string of the molecule is COc1ccc(/C(N)=N/O)cc1CNCC1CCCO1. The van der Waals surface area contributed by atoms with Gasteiger partial charge in [-0.3, -0.25) is 0 Å². The van der Waals surface area contributed by atoms with Crippen LogP contribution in [0.15, 0.2) is 23.4 Å². The minimum absolute atomic E-state index is 0.0908. The van der Waals surface area contributed by atoms with Crippen LogP contribution in [0.4, 0.5) is 0 Å². The minimum Gasteiger partial charge on any atom is -0.496 e. The van der Waals surface area contributed by atoms with Crippen molar-refractivity contribution in [1.82, 2.24) is 5.32 Å². The van der Waals surface area contributed by atoms with Crippen LogP contribution in [0.25, 0.3) is 0 Å². The molecular weight excluding hydrogens is 258 g/mol. The van der Waals surface area contributed by atoms with Crippen LogP contribution < -0.4 is 15.8 Å². The minimum atomic E-state index is 0.0908. The van der Waals surface area contributed by atoms with Crippen LogP contribution in [0.1, 0.15) is 24.0 Å². The largest absolute Gasteiger partial charge is 0.496 e. The van der Waals surface area contributed by atoms with Gasteiger partial charge >= 0.3 is 0 Å². The fraction of sp³-hybridized carbons (Fsp3) is 0.500.